The first-order valence-corrected chi connectivity index (χ1v) is 14.2. The number of hydrogen-bond donors (Lipinski definition) is 4. The van der Waals surface area contributed by atoms with Crippen molar-refractivity contribution in [2.75, 3.05) is 33.3 Å². The van der Waals surface area contributed by atoms with Crippen molar-refractivity contribution in [2.45, 2.75) is 111 Å². The minimum atomic E-state index is -0.501. The second kappa shape index (κ2) is 25.4. The van der Waals surface area contributed by atoms with Gasteiger partial charge in [0.25, 0.3) is 0 Å². The van der Waals surface area contributed by atoms with Crippen molar-refractivity contribution >= 4 is 29.6 Å². The summed E-state index contributed by atoms with van der Waals surface area (Å²) in [6.45, 7) is 10.1. The van der Waals surface area contributed by atoms with Gasteiger partial charge in [-0.3, -0.25) is 19.2 Å². The Hall–Kier alpha value is -2.91. The van der Waals surface area contributed by atoms with Crippen molar-refractivity contribution in [1.29, 1.82) is 0 Å². The third-order valence-corrected chi connectivity index (χ3v) is 5.99. The van der Waals surface area contributed by atoms with Crippen molar-refractivity contribution in [2.24, 2.45) is 0 Å². The van der Waals surface area contributed by atoms with Gasteiger partial charge in [0.2, 0.25) is 17.7 Å². The first kappa shape index (κ1) is 38.2. The smallest absolute Gasteiger partial charge is 0.302 e. The number of methoxy groups -OCH3 is 1. The third-order valence-electron chi connectivity index (χ3n) is 5.99. The number of amides is 3. The van der Waals surface area contributed by atoms with Gasteiger partial charge in [0.1, 0.15) is 17.7 Å². The van der Waals surface area contributed by atoms with Gasteiger partial charge in [0, 0.05) is 13.5 Å². The molecule has 0 aromatic carbocycles. The minimum Gasteiger partial charge on any atom is -0.469 e. The molecule has 11 heteroatoms. The Bertz CT molecular complexity index is 752. The Balaban J connectivity index is 0. The van der Waals surface area contributed by atoms with Crippen LogP contribution in [0.1, 0.15) is 98.8 Å². The molecular weight excluding hydrogens is 504 g/mol. The summed E-state index contributed by atoms with van der Waals surface area (Å²) in [5.41, 5.74) is 0.259. The van der Waals surface area contributed by atoms with Gasteiger partial charge in [-0.1, -0.05) is 59.8 Å². The van der Waals surface area contributed by atoms with Gasteiger partial charge in [-0.15, -0.1) is 0 Å². The quantitative estimate of drug-likeness (QED) is 0.221. The highest BCUT2D eigenvalue weighted by atomic mass is 16.5. The lowest BCUT2D eigenvalue weighted by molar-refractivity contribution is -0.138. The fourth-order valence-electron chi connectivity index (χ4n) is 3.33. The molecule has 2 unspecified atom stereocenters. The molecule has 39 heavy (non-hydrogen) atoms. The molecule has 0 saturated carbocycles. The topological polar surface area (TPSA) is 154 Å². The molecule has 2 rings (SSSR count). The lowest BCUT2D eigenvalue weighted by Gasteiger charge is -2.36. The molecular formula is C28H52N4O7. The van der Waals surface area contributed by atoms with E-state index in [0.29, 0.717) is 13.0 Å². The van der Waals surface area contributed by atoms with Gasteiger partial charge in [-0.2, -0.15) is 0 Å². The lowest BCUT2D eigenvalue weighted by atomic mass is 10.0. The summed E-state index contributed by atoms with van der Waals surface area (Å²) in [4.78, 5) is 57.6. The van der Waals surface area contributed by atoms with Gasteiger partial charge in [0.05, 0.1) is 32.8 Å². The number of rotatable bonds is 6. The van der Waals surface area contributed by atoms with Crippen molar-refractivity contribution in [1.82, 2.24) is 20.9 Å². The highest BCUT2D eigenvalue weighted by molar-refractivity contribution is 5.90. The highest BCUT2D eigenvalue weighted by Crippen LogP contribution is 2.20. The van der Waals surface area contributed by atoms with Crippen LogP contribution in [0.4, 0.5) is 0 Å². The summed E-state index contributed by atoms with van der Waals surface area (Å²) in [5.74, 6) is 0.467. The van der Waals surface area contributed by atoms with E-state index in [1.54, 1.807) is 4.90 Å². The van der Waals surface area contributed by atoms with E-state index in [2.05, 4.69) is 41.5 Å². The summed E-state index contributed by atoms with van der Waals surface area (Å²) < 4.78 is 4.11. The molecule has 226 valence electrons. The Morgan fingerprint density at radius 2 is 1.54 bits per heavy atom. The number of aliphatic hydroxyl groups excluding tert-OH is 1. The van der Waals surface area contributed by atoms with E-state index < -0.39 is 17.9 Å². The molecule has 3 amide bonds. The standard InChI is InChI=1S/C13H18N4O4.C8H18O.C4H10.C3H6O2/c18-8-9-5-14-11(19)6-15-12(20)7-16-13(21)10-3-1-2-4-17(9)10;1-3-5-6-7-8(9)4-2;1-3-4-2;1-3(4)5-2/h10H,1-7H2,(H,14,19)(H,15,20)(H,16,21);8-9H,3-7H2,1-2H3;3-4H2,1-2H3;1-2H3. The van der Waals surface area contributed by atoms with Crippen LogP contribution in [0.15, 0.2) is 5.70 Å². The number of aliphatic hydroxyl groups is 1. The first-order chi connectivity index (χ1) is 18.6. The van der Waals surface area contributed by atoms with Gasteiger partial charge in [-0.05, 0) is 32.1 Å². The normalized spacial score (nSPS) is 18.0. The van der Waals surface area contributed by atoms with E-state index in [9.17, 15) is 24.0 Å². The fraction of sp³-hybridized carbons (Fsp3) is 0.786. The van der Waals surface area contributed by atoms with E-state index >= 15 is 0 Å². The SMILES string of the molecule is CCCC.CCCCCC(O)CC.COC(C)=O.O=C=C1CNC(=O)CNC(=O)CNC(=O)C2CCCCN12. The molecule has 0 radical (unpaired) electrons. The van der Waals surface area contributed by atoms with E-state index in [0.717, 1.165) is 25.7 Å². The molecule has 2 fully saturated rings. The predicted octanol–water partition coefficient (Wildman–Crippen LogP) is 2.24. The van der Waals surface area contributed by atoms with Crippen LogP contribution in [0.25, 0.3) is 0 Å². The highest BCUT2D eigenvalue weighted by Gasteiger charge is 2.31. The number of nitrogens with zero attached hydrogens (tertiary/aromatic N) is 1. The van der Waals surface area contributed by atoms with Crippen molar-refractivity contribution in [3.63, 3.8) is 0 Å². The Morgan fingerprint density at radius 1 is 0.974 bits per heavy atom. The molecule has 0 spiro atoms. The number of carbonyl (C=O) groups is 4. The number of nitrogens with one attached hydrogen (secondary N) is 3. The Morgan fingerprint density at radius 3 is 2.03 bits per heavy atom. The van der Waals surface area contributed by atoms with E-state index in [-0.39, 0.29) is 43.3 Å². The summed E-state index contributed by atoms with van der Waals surface area (Å²) in [6, 6.07) is -0.501. The zero-order chi connectivity index (χ0) is 30.1. The number of hydrogen-bond acceptors (Lipinski definition) is 8. The van der Waals surface area contributed by atoms with Crippen LogP contribution < -0.4 is 16.0 Å². The molecule has 4 N–H and O–H groups in total. The number of ether oxygens (including phenoxy) is 1. The van der Waals surface area contributed by atoms with Crippen molar-refractivity contribution < 1.29 is 33.8 Å². The number of unbranched alkanes of at least 4 members (excludes halogenated alkanes) is 3. The van der Waals surface area contributed by atoms with Gasteiger partial charge in [0.15, 0.2) is 0 Å². The van der Waals surface area contributed by atoms with Crippen LogP contribution >= 0.6 is 0 Å². The average Bonchev–Trinajstić information content (AvgIpc) is 2.95. The first-order valence-electron chi connectivity index (χ1n) is 14.2. The molecule has 2 atom stereocenters. The van der Waals surface area contributed by atoms with Gasteiger partial charge >= 0.3 is 5.97 Å². The zero-order valence-corrected chi connectivity index (χ0v) is 24.9. The number of piperidine rings is 1. The van der Waals surface area contributed by atoms with Gasteiger partial charge < -0.3 is 30.7 Å². The summed E-state index contributed by atoms with van der Waals surface area (Å²) in [6.07, 6.45) is 10.5. The monoisotopic (exact) mass is 556 g/mol. The maximum Gasteiger partial charge on any atom is 0.302 e. The minimum absolute atomic E-state index is 0.00197. The predicted molar refractivity (Wildman–Crippen MR) is 151 cm³/mol. The Labute approximate surface area is 234 Å². The van der Waals surface area contributed by atoms with Crippen LogP contribution in [0.3, 0.4) is 0 Å². The molecule has 0 aromatic rings. The van der Waals surface area contributed by atoms with E-state index in [1.165, 1.54) is 46.1 Å². The number of esters is 1. The van der Waals surface area contributed by atoms with Crippen LogP contribution in [0.2, 0.25) is 0 Å². The maximum atomic E-state index is 12.2. The van der Waals surface area contributed by atoms with Crippen LogP contribution in [0.5, 0.6) is 0 Å². The second-order valence-corrected chi connectivity index (χ2v) is 9.28. The molecule has 0 aromatic heterocycles. The van der Waals surface area contributed by atoms with Crippen LogP contribution in [-0.4, -0.2) is 85.1 Å². The largest absolute Gasteiger partial charge is 0.469 e. The zero-order valence-electron chi connectivity index (χ0n) is 24.9. The van der Waals surface area contributed by atoms with Crippen LogP contribution in [-0.2, 0) is 28.7 Å². The lowest BCUT2D eigenvalue weighted by Crippen LogP contribution is -2.53. The summed E-state index contributed by atoms with van der Waals surface area (Å²) in [7, 11) is 1.35. The molecule has 0 bridgehead atoms. The maximum absolute atomic E-state index is 12.2. The fourth-order valence-corrected chi connectivity index (χ4v) is 3.33. The molecule has 2 aliphatic heterocycles. The molecule has 2 saturated heterocycles. The van der Waals surface area contributed by atoms with Crippen molar-refractivity contribution in [3.8, 4) is 0 Å². The molecule has 11 nitrogen and oxygen atoms in total. The molecule has 2 heterocycles. The molecule has 0 aliphatic carbocycles. The van der Waals surface area contributed by atoms with Gasteiger partial charge in [-0.25, -0.2) is 4.79 Å². The summed E-state index contributed by atoms with van der Waals surface area (Å²) in [5, 5.41) is 16.6. The second-order valence-electron chi connectivity index (χ2n) is 9.28. The number of fused-ring (bicyclic) bond motifs is 1. The summed E-state index contributed by atoms with van der Waals surface area (Å²) >= 11 is 0. The van der Waals surface area contributed by atoms with E-state index in [4.69, 9.17) is 5.11 Å². The van der Waals surface area contributed by atoms with Crippen molar-refractivity contribution in [3.05, 3.63) is 5.70 Å². The van der Waals surface area contributed by atoms with Crippen LogP contribution in [0, 0.1) is 0 Å². The number of carbonyl (C=O) groups excluding carboxylic acids is 5. The average molecular weight is 557 g/mol. The van der Waals surface area contributed by atoms with E-state index in [1.807, 2.05) is 12.9 Å². The Kier molecular flexibility index (Phi) is 24.9. The third kappa shape index (κ3) is 20.7. The molecule has 2 aliphatic rings.